The molecule has 2 rings (SSSR count). The number of hydrogen-bond donors (Lipinski definition) is 2. The van der Waals surface area contributed by atoms with Crippen molar-refractivity contribution < 1.29 is 9.53 Å². The van der Waals surface area contributed by atoms with E-state index < -0.39 is 5.91 Å². The molecule has 19 heavy (non-hydrogen) atoms. The Hall–Kier alpha value is -2.56. The van der Waals surface area contributed by atoms with Gasteiger partial charge in [-0.3, -0.25) is 4.79 Å². The maximum absolute atomic E-state index is 11.3. The van der Waals surface area contributed by atoms with Gasteiger partial charge in [-0.25, -0.2) is 4.98 Å². The Kier molecular flexibility index (Phi) is 3.97. The molecule has 0 fully saturated rings. The minimum atomic E-state index is -0.499. The Morgan fingerprint density at radius 1 is 1.37 bits per heavy atom. The Labute approximate surface area is 111 Å². The number of carbonyl (C=O) groups is 1. The zero-order valence-electron chi connectivity index (χ0n) is 10.6. The molecule has 0 aliphatic rings. The van der Waals surface area contributed by atoms with Crippen LogP contribution in [0, 0.1) is 0 Å². The van der Waals surface area contributed by atoms with Crippen molar-refractivity contribution in [2.45, 2.75) is 6.61 Å². The number of pyridine rings is 1. The largest absolute Gasteiger partial charge is 0.488 e. The first-order valence-corrected chi connectivity index (χ1v) is 5.85. The van der Waals surface area contributed by atoms with E-state index in [1.165, 1.54) is 0 Å². The number of hydrogen-bond acceptors (Lipinski definition) is 4. The van der Waals surface area contributed by atoms with Crippen molar-refractivity contribution in [1.82, 2.24) is 4.98 Å². The SMILES string of the molecule is CNc1cc(COc2ccccc2C(N)=O)ccn1. The second-order valence-corrected chi connectivity index (χ2v) is 3.95. The van der Waals surface area contributed by atoms with Gasteiger partial charge in [-0.05, 0) is 29.8 Å². The van der Waals surface area contributed by atoms with Gasteiger partial charge in [0.1, 0.15) is 18.2 Å². The van der Waals surface area contributed by atoms with Crippen LogP contribution in [0.1, 0.15) is 15.9 Å². The van der Waals surface area contributed by atoms with Crippen molar-refractivity contribution in [3.63, 3.8) is 0 Å². The summed E-state index contributed by atoms with van der Waals surface area (Å²) >= 11 is 0. The summed E-state index contributed by atoms with van der Waals surface area (Å²) in [7, 11) is 1.80. The van der Waals surface area contributed by atoms with Crippen LogP contribution in [0.2, 0.25) is 0 Å². The molecule has 2 aromatic rings. The molecule has 0 unspecified atom stereocenters. The van der Waals surface area contributed by atoms with Gasteiger partial charge < -0.3 is 15.8 Å². The standard InChI is InChI=1S/C14H15N3O2/c1-16-13-8-10(6-7-17-13)9-19-12-5-3-2-4-11(12)14(15)18/h2-8H,9H2,1H3,(H2,15,18)(H,16,17). The quantitative estimate of drug-likeness (QED) is 0.856. The summed E-state index contributed by atoms with van der Waals surface area (Å²) in [6.07, 6.45) is 1.70. The summed E-state index contributed by atoms with van der Waals surface area (Å²) in [5.41, 5.74) is 6.63. The van der Waals surface area contributed by atoms with Gasteiger partial charge in [-0.15, -0.1) is 0 Å². The Morgan fingerprint density at radius 3 is 2.89 bits per heavy atom. The molecule has 5 nitrogen and oxygen atoms in total. The third-order valence-corrected chi connectivity index (χ3v) is 2.63. The highest BCUT2D eigenvalue weighted by Crippen LogP contribution is 2.19. The Morgan fingerprint density at radius 2 is 2.16 bits per heavy atom. The third-order valence-electron chi connectivity index (χ3n) is 2.63. The molecular formula is C14H15N3O2. The van der Waals surface area contributed by atoms with Gasteiger partial charge >= 0.3 is 0 Å². The van der Waals surface area contributed by atoms with Crippen molar-refractivity contribution in [3.8, 4) is 5.75 Å². The van der Waals surface area contributed by atoms with Gasteiger partial charge in [0.25, 0.3) is 5.91 Å². The first kappa shape index (κ1) is 12.9. The van der Waals surface area contributed by atoms with Crippen LogP contribution in [0.15, 0.2) is 42.6 Å². The van der Waals surface area contributed by atoms with Crippen LogP contribution in [-0.2, 0) is 6.61 Å². The van der Waals surface area contributed by atoms with E-state index in [4.69, 9.17) is 10.5 Å². The van der Waals surface area contributed by atoms with E-state index >= 15 is 0 Å². The highest BCUT2D eigenvalue weighted by Gasteiger charge is 2.08. The number of para-hydroxylation sites is 1. The Bertz CT molecular complexity index is 584. The average molecular weight is 257 g/mol. The van der Waals surface area contributed by atoms with Crippen molar-refractivity contribution in [3.05, 3.63) is 53.7 Å². The molecule has 0 saturated carbocycles. The van der Waals surface area contributed by atoms with Gasteiger partial charge in [-0.2, -0.15) is 0 Å². The molecule has 98 valence electrons. The minimum Gasteiger partial charge on any atom is -0.488 e. The van der Waals surface area contributed by atoms with Crippen molar-refractivity contribution in [1.29, 1.82) is 0 Å². The highest BCUT2D eigenvalue weighted by molar-refractivity contribution is 5.95. The number of carbonyl (C=O) groups excluding carboxylic acids is 1. The first-order valence-electron chi connectivity index (χ1n) is 5.85. The molecule has 1 heterocycles. The fraction of sp³-hybridized carbons (Fsp3) is 0.143. The van der Waals surface area contributed by atoms with E-state index in [-0.39, 0.29) is 0 Å². The average Bonchev–Trinajstić information content (AvgIpc) is 2.45. The van der Waals surface area contributed by atoms with Gasteiger partial charge in [0.2, 0.25) is 0 Å². The van der Waals surface area contributed by atoms with E-state index in [2.05, 4.69) is 10.3 Å². The summed E-state index contributed by atoms with van der Waals surface area (Å²) < 4.78 is 5.63. The van der Waals surface area contributed by atoms with Crippen LogP contribution < -0.4 is 15.8 Å². The smallest absolute Gasteiger partial charge is 0.252 e. The lowest BCUT2D eigenvalue weighted by Gasteiger charge is -2.10. The molecule has 5 heteroatoms. The van der Waals surface area contributed by atoms with Crippen LogP contribution in [0.3, 0.4) is 0 Å². The topological polar surface area (TPSA) is 77.2 Å². The first-order chi connectivity index (χ1) is 9.20. The third kappa shape index (κ3) is 3.22. The van der Waals surface area contributed by atoms with Crippen LogP contribution >= 0.6 is 0 Å². The van der Waals surface area contributed by atoms with E-state index in [1.54, 1.807) is 37.5 Å². The van der Waals surface area contributed by atoms with Crippen molar-refractivity contribution >= 4 is 11.7 Å². The summed E-state index contributed by atoms with van der Waals surface area (Å²) in [4.78, 5) is 15.4. The van der Waals surface area contributed by atoms with E-state index in [1.807, 2.05) is 12.1 Å². The summed E-state index contributed by atoms with van der Waals surface area (Å²) in [6.45, 7) is 0.349. The lowest BCUT2D eigenvalue weighted by atomic mass is 10.2. The molecule has 1 aromatic carbocycles. The number of aromatic nitrogens is 1. The summed E-state index contributed by atoms with van der Waals surface area (Å²) in [5, 5.41) is 2.95. The number of nitrogens with two attached hydrogens (primary N) is 1. The number of nitrogens with one attached hydrogen (secondary N) is 1. The monoisotopic (exact) mass is 257 g/mol. The predicted molar refractivity (Wildman–Crippen MR) is 73.1 cm³/mol. The zero-order chi connectivity index (χ0) is 13.7. The number of rotatable bonds is 5. The second-order valence-electron chi connectivity index (χ2n) is 3.95. The van der Waals surface area contributed by atoms with E-state index in [0.717, 1.165) is 11.4 Å². The number of benzene rings is 1. The molecule has 1 amide bonds. The molecule has 0 spiro atoms. The number of nitrogens with zero attached hydrogens (tertiary/aromatic N) is 1. The second kappa shape index (κ2) is 5.86. The summed E-state index contributed by atoms with van der Waals surface area (Å²) in [6, 6.07) is 10.6. The summed E-state index contributed by atoms with van der Waals surface area (Å²) in [5.74, 6) is 0.753. The predicted octanol–water partition coefficient (Wildman–Crippen LogP) is 1.80. The van der Waals surface area contributed by atoms with Crippen LogP contribution in [0.25, 0.3) is 0 Å². The molecular weight excluding hydrogens is 242 g/mol. The van der Waals surface area contributed by atoms with Gasteiger partial charge in [0.15, 0.2) is 0 Å². The lowest BCUT2D eigenvalue weighted by Crippen LogP contribution is -2.12. The minimum absolute atomic E-state index is 0.349. The number of primary amides is 1. The molecule has 0 bridgehead atoms. The molecule has 0 aliphatic carbocycles. The number of ether oxygens (including phenoxy) is 1. The lowest BCUT2D eigenvalue weighted by molar-refractivity contribution is 0.0996. The maximum atomic E-state index is 11.3. The zero-order valence-corrected chi connectivity index (χ0v) is 10.6. The molecule has 0 aliphatic heterocycles. The van der Waals surface area contributed by atoms with Crippen molar-refractivity contribution in [2.24, 2.45) is 5.73 Å². The van der Waals surface area contributed by atoms with Gasteiger partial charge in [0.05, 0.1) is 5.56 Å². The fourth-order valence-corrected chi connectivity index (χ4v) is 1.66. The number of amides is 1. The molecule has 0 atom stereocenters. The molecule has 0 saturated heterocycles. The molecule has 3 N–H and O–H groups in total. The number of anilines is 1. The fourth-order valence-electron chi connectivity index (χ4n) is 1.66. The maximum Gasteiger partial charge on any atom is 0.252 e. The highest BCUT2D eigenvalue weighted by atomic mass is 16.5. The van der Waals surface area contributed by atoms with Crippen LogP contribution in [-0.4, -0.2) is 17.9 Å². The van der Waals surface area contributed by atoms with Crippen LogP contribution in [0.4, 0.5) is 5.82 Å². The van der Waals surface area contributed by atoms with Crippen LogP contribution in [0.5, 0.6) is 5.75 Å². The van der Waals surface area contributed by atoms with E-state index in [0.29, 0.717) is 17.9 Å². The van der Waals surface area contributed by atoms with Gasteiger partial charge in [0, 0.05) is 13.2 Å². The Balaban J connectivity index is 2.12. The van der Waals surface area contributed by atoms with E-state index in [9.17, 15) is 4.79 Å². The molecule has 1 aromatic heterocycles. The van der Waals surface area contributed by atoms with Gasteiger partial charge in [-0.1, -0.05) is 12.1 Å². The molecule has 0 radical (unpaired) electrons. The van der Waals surface area contributed by atoms with Crippen molar-refractivity contribution in [2.75, 3.05) is 12.4 Å². The normalized spacial score (nSPS) is 9.95.